The van der Waals surface area contributed by atoms with Gasteiger partial charge in [-0.15, -0.1) is 0 Å². The van der Waals surface area contributed by atoms with Gasteiger partial charge in [-0.25, -0.2) is 4.39 Å². The van der Waals surface area contributed by atoms with Crippen molar-refractivity contribution < 1.29 is 9.18 Å². The second-order valence-corrected chi connectivity index (χ2v) is 4.64. The van der Waals surface area contributed by atoms with E-state index in [1.807, 2.05) is 20.8 Å². The fourth-order valence-electron chi connectivity index (χ4n) is 1.57. The largest absolute Gasteiger partial charge is 0.351 e. The molecule has 1 N–H and O–H groups in total. The Hall–Kier alpha value is -1.38. The summed E-state index contributed by atoms with van der Waals surface area (Å²) in [6.07, 6.45) is 0.680. The van der Waals surface area contributed by atoms with Crippen molar-refractivity contribution in [2.24, 2.45) is 5.41 Å². The Labute approximate surface area is 89.5 Å². The number of hydrogen-bond acceptors (Lipinski definition) is 1. The zero-order valence-corrected chi connectivity index (χ0v) is 9.25. The lowest BCUT2D eigenvalue weighted by Crippen LogP contribution is -2.31. The number of carbonyl (C=O) groups excluding carboxylic acids is 1. The van der Waals surface area contributed by atoms with Crippen molar-refractivity contribution in [3.8, 4) is 0 Å². The first-order chi connectivity index (χ1) is 6.95. The van der Waals surface area contributed by atoms with Crippen molar-refractivity contribution in [1.29, 1.82) is 0 Å². The third-order valence-corrected chi connectivity index (χ3v) is 2.30. The molecule has 0 aliphatic heterocycles. The minimum atomic E-state index is -0.266. The van der Waals surface area contributed by atoms with Crippen molar-refractivity contribution in [3.05, 3.63) is 35.6 Å². The topological polar surface area (TPSA) is 29.1 Å². The number of rotatable bonds is 3. The molecule has 0 aliphatic rings. The van der Waals surface area contributed by atoms with Crippen LogP contribution >= 0.6 is 0 Å². The summed E-state index contributed by atoms with van der Waals surface area (Å²) in [5.74, 6) is -0.266. The molecule has 1 aromatic rings. The van der Waals surface area contributed by atoms with Crippen LogP contribution in [-0.4, -0.2) is 6.41 Å². The molecule has 3 heteroatoms. The predicted molar refractivity (Wildman–Crippen MR) is 57.8 cm³/mol. The maximum atomic E-state index is 12.7. The van der Waals surface area contributed by atoms with Crippen molar-refractivity contribution >= 4 is 6.41 Å². The summed E-state index contributed by atoms with van der Waals surface area (Å²) in [4.78, 5) is 10.5. The zero-order valence-electron chi connectivity index (χ0n) is 9.25. The van der Waals surface area contributed by atoms with Gasteiger partial charge in [0.25, 0.3) is 0 Å². The van der Waals surface area contributed by atoms with Gasteiger partial charge in [0.1, 0.15) is 5.82 Å². The minimum Gasteiger partial charge on any atom is -0.351 e. The van der Waals surface area contributed by atoms with Crippen molar-refractivity contribution in [2.45, 2.75) is 26.8 Å². The van der Waals surface area contributed by atoms with Crippen LogP contribution in [-0.2, 0) is 4.79 Å². The summed E-state index contributed by atoms with van der Waals surface area (Å²) >= 11 is 0. The average molecular weight is 209 g/mol. The first-order valence-corrected chi connectivity index (χ1v) is 4.90. The molecule has 0 bridgehead atoms. The van der Waals surface area contributed by atoms with Gasteiger partial charge in [-0.3, -0.25) is 4.79 Å². The van der Waals surface area contributed by atoms with Gasteiger partial charge in [0.2, 0.25) is 6.41 Å². The SMILES string of the molecule is CC(C)(C)C(NC=O)c1ccc(F)cc1. The maximum absolute atomic E-state index is 12.7. The van der Waals surface area contributed by atoms with E-state index < -0.39 is 0 Å². The summed E-state index contributed by atoms with van der Waals surface area (Å²) in [5, 5.41) is 2.76. The Morgan fingerprint density at radius 1 is 1.27 bits per heavy atom. The molecule has 0 aliphatic carbocycles. The maximum Gasteiger partial charge on any atom is 0.207 e. The molecule has 0 heterocycles. The van der Waals surface area contributed by atoms with E-state index in [-0.39, 0.29) is 17.3 Å². The molecule has 0 fully saturated rings. The summed E-state index contributed by atoms with van der Waals surface area (Å²) in [7, 11) is 0. The van der Waals surface area contributed by atoms with Crippen LogP contribution in [0.2, 0.25) is 0 Å². The van der Waals surface area contributed by atoms with Crippen LogP contribution in [0.1, 0.15) is 32.4 Å². The second-order valence-electron chi connectivity index (χ2n) is 4.64. The lowest BCUT2D eigenvalue weighted by atomic mass is 9.82. The van der Waals surface area contributed by atoms with Gasteiger partial charge in [-0.2, -0.15) is 0 Å². The second kappa shape index (κ2) is 4.43. The van der Waals surface area contributed by atoms with E-state index in [1.165, 1.54) is 12.1 Å². The highest BCUT2D eigenvalue weighted by atomic mass is 19.1. The Bertz CT molecular complexity index is 326. The fraction of sp³-hybridized carbons (Fsp3) is 0.417. The van der Waals surface area contributed by atoms with Crippen molar-refractivity contribution in [1.82, 2.24) is 5.32 Å². The monoisotopic (exact) mass is 209 g/mol. The summed E-state index contributed by atoms with van der Waals surface area (Å²) < 4.78 is 12.7. The molecule has 1 aromatic carbocycles. The van der Waals surface area contributed by atoms with E-state index in [0.717, 1.165) is 5.56 Å². The van der Waals surface area contributed by atoms with E-state index >= 15 is 0 Å². The van der Waals surface area contributed by atoms with Gasteiger partial charge in [0.05, 0.1) is 6.04 Å². The van der Waals surface area contributed by atoms with E-state index in [1.54, 1.807) is 12.1 Å². The predicted octanol–water partition coefficient (Wildman–Crippen LogP) is 2.66. The summed E-state index contributed by atoms with van der Waals surface area (Å²) in [6.45, 7) is 6.08. The molecule has 15 heavy (non-hydrogen) atoms. The molecule has 0 aromatic heterocycles. The van der Waals surface area contributed by atoms with Gasteiger partial charge in [0, 0.05) is 0 Å². The fourth-order valence-corrected chi connectivity index (χ4v) is 1.57. The van der Waals surface area contributed by atoms with Gasteiger partial charge in [-0.1, -0.05) is 32.9 Å². The quantitative estimate of drug-likeness (QED) is 0.762. The molecule has 1 rings (SSSR count). The van der Waals surface area contributed by atoms with E-state index in [2.05, 4.69) is 5.32 Å². The molecule has 1 atom stereocenters. The highest BCUT2D eigenvalue weighted by molar-refractivity contribution is 5.48. The first kappa shape index (κ1) is 11.7. The van der Waals surface area contributed by atoms with Crippen molar-refractivity contribution in [2.75, 3.05) is 0 Å². The molecule has 0 saturated carbocycles. The number of carbonyl (C=O) groups is 1. The van der Waals surface area contributed by atoms with E-state index in [9.17, 15) is 9.18 Å². The molecular weight excluding hydrogens is 193 g/mol. The van der Waals surface area contributed by atoms with E-state index in [0.29, 0.717) is 6.41 Å². The molecule has 1 amide bonds. The standard InChI is InChI=1S/C12H16FNO/c1-12(2,3)11(14-8-15)9-4-6-10(13)7-5-9/h4-8,11H,1-3H3,(H,14,15). The van der Waals surface area contributed by atoms with Gasteiger partial charge in [-0.05, 0) is 23.1 Å². The van der Waals surface area contributed by atoms with Crippen LogP contribution in [0.5, 0.6) is 0 Å². The lowest BCUT2D eigenvalue weighted by Gasteiger charge is -2.30. The highest BCUT2D eigenvalue weighted by Crippen LogP contribution is 2.32. The van der Waals surface area contributed by atoms with Crippen LogP contribution in [0.25, 0.3) is 0 Å². The number of amides is 1. The molecule has 0 saturated heterocycles. The molecular formula is C12H16FNO. The van der Waals surface area contributed by atoms with Crippen LogP contribution in [0.15, 0.2) is 24.3 Å². The summed E-state index contributed by atoms with van der Waals surface area (Å²) in [6, 6.07) is 6.10. The number of hydrogen-bond donors (Lipinski definition) is 1. The minimum absolute atomic E-state index is 0.0985. The van der Waals surface area contributed by atoms with Gasteiger partial charge >= 0.3 is 0 Å². The van der Waals surface area contributed by atoms with Crippen molar-refractivity contribution in [3.63, 3.8) is 0 Å². The Kier molecular flexibility index (Phi) is 3.45. The molecule has 0 radical (unpaired) electrons. The smallest absolute Gasteiger partial charge is 0.207 e. The zero-order chi connectivity index (χ0) is 11.5. The van der Waals surface area contributed by atoms with E-state index in [4.69, 9.17) is 0 Å². The van der Waals surface area contributed by atoms with Crippen LogP contribution in [0.3, 0.4) is 0 Å². The molecule has 82 valence electrons. The molecule has 2 nitrogen and oxygen atoms in total. The first-order valence-electron chi connectivity index (χ1n) is 4.90. The third kappa shape index (κ3) is 3.05. The number of nitrogens with one attached hydrogen (secondary N) is 1. The summed E-state index contributed by atoms with van der Waals surface area (Å²) in [5.41, 5.74) is 0.814. The van der Waals surface area contributed by atoms with Crippen LogP contribution in [0, 0.1) is 11.2 Å². The molecule has 0 spiro atoms. The normalized spacial score (nSPS) is 13.3. The Morgan fingerprint density at radius 2 is 1.80 bits per heavy atom. The van der Waals surface area contributed by atoms with Crippen LogP contribution < -0.4 is 5.32 Å². The van der Waals surface area contributed by atoms with Gasteiger partial charge < -0.3 is 5.32 Å². The number of halogens is 1. The van der Waals surface area contributed by atoms with Gasteiger partial charge in [0.15, 0.2) is 0 Å². The highest BCUT2D eigenvalue weighted by Gasteiger charge is 2.25. The third-order valence-electron chi connectivity index (χ3n) is 2.30. The van der Waals surface area contributed by atoms with Crippen LogP contribution in [0.4, 0.5) is 4.39 Å². The average Bonchev–Trinajstić information content (AvgIpc) is 2.14. The lowest BCUT2D eigenvalue weighted by molar-refractivity contribution is -0.110. The Morgan fingerprint density at radius 3 is 2.20 bits per heavy atom. The number of benzene rings is 1. The Balaban J connectivity index is 2.99. The molecule has 1 unspecified atom stereocenters.